The van der Waals surface area contributed by atoms with Gasteiger partial charge in [-0.15, -0.1) is 0 Å². The number of likely N-dealkylation sites (tertiary alicyclic amines) is 1. The number of carbonyl (C=O) groups excluding carboxylic acids is 1. The Hall–Kier alpha value is -1.60. The highest BCUT2D eigenvalue weighted by Gasteiger charge is 2.53. The van der Waals surface area contributed by atoms with Crippen molar-refractivity contribution in [3.63, 3.8) is 0 Å². The van der Waals surface area contributed by atoms with Crippen molar-refractivity contribution in [3.8, 4) is 0 Å². The molecule has 114 valence electrons. The highest BCUT2D eigenvalue weighted by atomic mass is 32.2. The van der Waals surface area contributed by atoms with Crippen molar-refractivity contribution < 1.29 is 18.3 Å². The Morgan fingerprint density at radius 2 is 1.95 bits per heavy atom. The summed E-state index contributed by atoms with van der Waals surface area (Å²) in [6, 6.07) is 4.14. The fourth-order valence-corrected chi connectivity index (χ4v) is 3.47. The van der Waals surface area contributed by atoms with Crippen LogP contribution in [-0.2, 0) is 9.84 Å². The number of amides is 1. The Balaban J connectivity index is 1.81. The molecule has 2 aliphatic rings. The largest absolute Gasteiger partial charge is 0.399 e. The molecule has 1 amide bonds. The van der Waals surface area contributed by atoms with Gasteiger partial charge in [-0.05, 0) is 37.0 Å². The predicted molar refractivity (Wildman–Crippen MR) is 77.5 cm³/mol. The SMILES string of the molecule is CS(=O)(=O)c1cc(N)cc(C(=O)N2CC(O)(C3CC3)C2)c1. The maximum absolute atomic E-state index is 12.4. The van der Waals surface area contributed by atoms with E-state index in [1.165, 1.54) is 23.1 Å². The van der Waals surface area contributed by atoms with E-state index in [1.54, 1.807) is 0 Å². The van der Waals surface area contributed by atoms with Crippen molar-refractivity contribution in [1.82, 2.24) is 4.90 Å². The summed E-state index contributed by atoms with van der Waals surface area (Å²) in [6.07, 6.45) is 3.09. The zero-order valence-corrected chi connectivity index (χ0v) is 12.6. The van der Waals surface area contributed by atoms with Crippen LogP contribution < -0.4 is 5.73 Å². The highest BCUT2D eigenvalue weighted by molar-refractivity contribution is 7.90. The summed E-state index contributed by atoms with van der Waals surface area (Å²) in [5.41, 5.74) is 5.41. The van der Waals surface area contributed by atoms with Crippen molar-refractivity contribution >= 4 is 21.4 Å². The normalized spacial score (nSPS) is 21.0. The molecule has 1 saturated carbocycles. The molecule has 0 radical (unpaired) electrons. The average Bonchev–Trinajstić information content (AvgIpc) is 3.16. The molecule has 1 aliphatic heterocycles. The van der Waals surface area contributed by atoms with Gasteiger partial charge in [-0.2, -0.15) is 0 Å². The summed E-state index contributed by atoms with van der Waals surface area (Å²) in [6.45, 7) is 0.610. The number of benzene rings is 1. The molecular formula is C14H18N2O4S. The fraction of sp³-hybridized carbons (Fsp3) is 0.500. The lowest BCUT2D eigenvalue weighted by Crippen LogP contribution is -2.64. The number of anilines is 1. The topological polar surface area (TPSA) is 101 Å². The van der Waals surface area contributed by atoms with Crippen LogP contribution in [0.1, 0.15) is 23.2 Å². The van der Waals surface area contributed by atoms with Crippen LogP contribution >= 0.6 is 0 Å². The maximum atomic E-state index is 12.4. The van der Waals surface area contributed by atoms with Gasteiger partial charge in [0.2, 0.25) is 0 Å². The molecule has 0 aromatic heterocycles. The summed E-state index contributed by atoms with van der Waals surface area (Å²) in [5, 5.41) is 10.2. The molecule has 0 unspecified atom stereocenters. The molecule has 1 saturated heterocycles. The van der Waals surface area contributed by atoms with E-state index in [0.717, 1.165) is 19.1 Å². The number of sulfone groups is 1. The summed E-state index contributed by atoms with van der Waals surface area (Å²) in [7, 11) is -3.42. The first kappa shape index (κ1) is 14.3. The lowest BCUT2D eigenvalue weighted by molar-refractivity contribution is -0.0958. The minimum atomic E-state index is -3.42. The summed E-state index contributed by atoms with van der Waals surface area (Å²) < 4.78 is 23.2. The molecule has 1 aliphatic carbocycles. The molecule has 0 bridgehead atoms. The van der Waals surface area contributed by atoms with E-state index in [2.05, 4.69) is 0 Å². The molecule has 3 N–H and O–H groups in total. The van der Waals surface area contributed by atoms with Crippen molar-refractivity contribution in [3.05, 3.63) is 23.8 Å². The van der Waals surface area contributed by atoms with Gasteiger partial charge in [-0.1, -0.05) is 0 Å². The van der Waals surface area contributed by atoms with Crippen LogP contribution in [0.3, 0.4) is 0 Å². The second kappa shape index (κ2) is 4.45. The smallest absolute Gasteiger partial charge is 0.254 e. The van der Waals surface area contributed by atoms with Crippen molar-refractivity contribution in [2.24, 2.45) is 5.92 Å². The van der Waals surface area contributed by atoms with Crippen molar-refractivity contribution in [2.45, 2.75) is 23.3 Å². The number of nitrogens with two attached hydrogens (primary N) is 1. The Bertz CT molecular complexity index is 704. The first-order chi connectivity index (χ1) is 9.69. The summed E-state index contributed by atoms with van der Waals surface area (Å²) in [4.78, 5) is 13.9. The van der Waals surface area contributed by atoms with Gasteiger partial charge in [0.1, 0.15) is 5.60 Å². The van der Waals surface area contributed by atoms with Crippen LogP contribution in [0.15, 0.2) is 23.1 Å². The lowest BCUT2D eigenvalue weighted by Gasteiger charge is -2.47. The first-order valence-electron chi connectivity index (χ1n) is 6.81. The second-order valence-electron chi connectivity index (χ2n) is 6.10. The standard InChI is InChI=1S/C14H18N2O4S/c1-21(19,20)12-5-9(4-11(15)6-12)13(17)16-7-14(18,8-16)10-2-3-10/h4-6,10,18H,2-3,7-8,15H2,1H3. The molecular weight excluding hydrogens is 292 g/mol. The molecule has 2 fully saturated rings. The van der Waals surface area contributed by atoms with Crippen molar-refractivity contribution in [2.75, 3.05) is 25.1 Å². The molecule has 1 aromatic carbocycles. The van der Waals surface area contributed by atoms with Crippen LogP contribution in [0.25, 0.3) is 0 Å². The van der Waals surface area contributed by atoms with Gasteiger partial charge in [0.15, 0.2) is 9.84 Å². The molecule has 1 aromatic rings. The number of hydrogen-bond acceptors (Lipinski definition) is 5. The van der Waals surface area contributed by atoms with Crippen LogP contribution in [-0.4, -0.2) is 49.3 Å². The zero-order valence-electron chi connectivity index (χ0n) is 11.7. The average molecular weight is 310 g/mol. The minimum absolute atomic E-state index is 0.0313. The summed E-state index contributed by atoms with van der Waals surface area (Å²) >= 11 is 0. The van der Waals surface area contributed by atoms with Crippen LogP contribution in [0.2, 0.25) is 0 Å². The van der Waals surface area contributed by atoms with Gasteiger partial charge < -0.3 is 15.7 Å². The molecule has 7 heteroatoms. The minimum Gasteiger partial charge on any atom is -0.399 e. The number of β-amino-alcohol motifs (C(OH)–C–C–N with tert-alkyl or cyclic N) is 1. The number of nitrogen functional groups attached to an aromatic ring is 1. The van der Waals surface area contributed by atoms with Gasteiger partial charge in [0, 0.05) is 17.5 Å². The monoisotopic (exact) mass is 310 g/mol. The van der Waals surface area contributed by atoms with Crippen LogP contribution in [0.4, 0.5) is 5.69 Å². The van der Waals surface area contributed by atoms with E-state index in [-0.39, 0.29) is 22.1 Å². The molecule has 3 rings (SSSR count). The molecule has 21 heavy (non-hydrogen) atoms. The Kier molecular flexibility index (Phi) is 3.04. The van der Waals surface area contributed by atoms with E-state index in [1.807, 2.05) is 0 Å². The third kappa shape index (κ3) is 2.63. The number of nitrogens with zero attached hydrogens (tertiary/aromatic N) is 1. The number of hydrogen-bond donors (Lipinski definition) is 2. The lowest BCUT2D eigenvalue weighted by atomic mass is 9.88. The van der Waals surface area contributed by atoms with Gasteiger partial charge >= 0.3 is 0 Å². The van der Waals surface area contributed by atoms with E-state index in [0.29, 0.717) is 19.0 Å². The van der Waals surface area contributed by atoms with E-state index in [9.17, 15) is 18.3 Å². The van der Waals surface area contributed by atoms with E-state index >= 15 is 0 Å². The summed E-state index contributed by atoms with van der Waals surface area (Å²) in [5.74, 6) is 0.00602. The van der Waals surface area contributed by atoms with E-state index in [4.69, 9.17) is 5.73 Å². The highest BCUT2D eigenvalue weighted by Crippen LogP contribution is 2.44. The Morgan fingerprint density at radius 3 is 2.48 bits per heavy atom. The first-order valence-corrected chi connectivity index (χ1v) is 8.70. The second-order valence-corrected chi connectivity index (χ2v) is 8.12. The third-order valence-corrected chi connectivity index (χ3v) is 5.25. The quantitative estimate of drug-likeness (QED) is 0.780. The van der Waals surface area contributed by atoms with Gasteiger partial charge in [-0.3, -0.25) is 4.79 Å². The van der Waals surface area contributed by atoms with Crippen molar-refractivity contribution in [1.29, 1.82) is 0 Å². The maximum Gasteiger partial charge on any atom is 0.254 e. The Labute approximate surface area is 123 Å². The van der Waals surface area contributed by atoms with Crippen LogP contribution in [0.5, 0.6) is 0 Å². The Morgan fingerprint density at radius 1 is 1.33 bits per heavy atom. The number of aliphatic hydroxyl groups is 1. The molecule has 0 atom stereocenters. The molecule has 6 nitrogen and oxygen atoms in total. The van der Waals surface area contributed by atoms with Gasteiger partial charge in [-0.25, -0.2) is 8.42 Å². The third-order valence-electron chi connectivity index (χ3n) is 4.16. The van der Waals surface area contributed by atoms with E-state index < -0.39 is 15.4 Å². The fourth-order valence-electron chi connectivity index (χ4n) is 2.78. The number of rotatable bonds is 3. The number of carbonyl (C=O) groups is 1. The van der Waals surface area contributed by atoms with Crippen LogP contribution in [0, 0.1) is 5.92 Å². The van der Waals surface area contributed by atoms with Gasteiger partial charge in [0.25, 0.3) is 5.91 Å². The predicted octanol–water partition coefficient (Wildman–Crippen LogP) is 0.269. The zero-order chi connectivity index (χ0) is 15.4. The molecule has 1 heterocycles. The van der Waals surface area contributed by atoms with Gasteiger partial charge in [0.05, 0.1) is 18.0 Å². The molecule has 0 spiro atoms.